The monoisotopic (exact) mass is 370 g/mol. The number of aromatic nitrogens is 2. The van der Waals surface area contributed by atoms with E-state index in [4.69, 9.17) is 0 Å². The molecule has 1 amide bonds. The lowest BCUT2D eigenvalue weighted by Crippen LogP contribution is -2.37. The van der Waals surface area contributed by atoms with Gasteiger partial charge in [-0.15, -0.1) is 0 Å². The van der Waals surface area contributed by atoms with E-state index >= 15 is 0 Å². The predicted octanol–water partition coefficient (Wildman–Crippen LogP) is 1.94. The molecule has 0 bridgehead atoms. The third kappa shape index (κ3) is 3.89. The number of carbonyl (C=O) groups is 1. The Morgan fingerprint density at radius 3 is 2.81 bits per heavy atom. The van der Waals surface area contributed by atoms with Crippen LogP contribution in [0.1, 0.15) is 48.9 Å². The zero-order valence-electron chi connectivity index (χ0n) is 15.3. The van der Waals surface area contributed by atoms with Gasteiger partial charge in [0.15, 0.2) is 0 Å². The van der Waals surface area contributed by atoms with Gasteiger partial charge >= 0.3 is 0 Å². The highest BCUT2D eigenvalue weighted by atomic mass is 16.3. The van der Waals surface area contributed by atoms with Crippen molar-refractivity contribution in [2.24, 2.45) is 0 Å². The Morgan fingerprint density at radius 2 is 2.04 bits per heavy atom. The lowest BCUT2D eigenvalue weighted by atomic mass is 9.93. The zero-order valence-corrected chi connectivity index (χ0v) is 15.3. The summed E-state index contributed by atoms with van der Waals surface area (Å²) in [4.78, 5) is 23.6. The molecule has 0 spiro atoms. The van der Waals surface area contributed by atoms with Gasteiger partial charge in [-0.25, -0.2) is 9.97 Å². The molecule has 1 saturated heterocycles. The van der Waals surface area contributed by atoms with Crippen LogP contribution >= 0.6 is 0 Å². The fourth-order valence-corrected chi connectivity index (χ4v) is 4.09. The number of nitrogens with zero attached hydrogens (tertiary/aromatic N) is 3. The minimum Gasteiger partial charge on any atom is -0.394 e. The quantitative estimate of drug-likeness (QED) is 0.761. The van der Waals surface area contributed by atoms with Crippen LogP contribution in [0.15, 0.2) is 24.4 Å². The number of rotatable bonds is 4. The second-order valence-corrected chi connectivity index (χ2v) is 7.59. The number of likely N-dealkylation sites (tertiary alicyclic amines) is 1. The van der Waals surface area contributed by atoms with E-state index in [1.807, 2.05) is 12.1 Å². The molecule has 27 heavy (non-hydrogen) atoms. The standard InChI is InChI=1S/C20H26N4O3/c25-12-16-2-1-9-24(16)19(27)13-3-4-14-11-21-20(23-18(14)10-13)22-15-5-7-17(26)8-6-15/h3-4,10-11,15-17,25-26H,1-2,5-9,12H2,(H,21,22,23)/t15?,16-,17?/m1/s1. The van der Waals surface area contributed by atoms with Crippen molar-refractivity contribution in [2.75, 3.05) is 18.5 Å². The van der Waals surface area contributed by atoms with Crippen molar-refractivity contribution < 1.29 is 15.0 Å². The van der Waals surface area contributed by atoms with Gasteiger partial charge in [-0.1, -0.05) is 6.07 Å². The highest BCUT2D eigenvalue weighted by molar-refractivity contribution is 5.98. The van der Waals surface area contributed by atoms with Gasteiger partial charge in [0.1, 0.15) is 0 Å². The number of benzene rings is 1. The van der Waals surface area contributed by atoms with Gasteiger partial charge in [-0.2, -0.15) is 0 Å². The smallest absolute Gasteiger partial charge is 0.254 e. The predicted molar refractivity (Wildman–Crippen MR) is 103 cm³/mol. The number of carbonyl (C=O) groups excluding carboxylic acids is 1. The average Bonchev–Trinajstić information content (AvgIpc) is 3.17. The van der Waals surface area contributed by atoms with Gasteiger partial charge in [0.05, 0.1) is 24.3 Å². The van der Waals surface area contributed by atoms with Gasteiger partial charge in [-0.3, -0.25) is 4.79 Å². The van der Waals surface area contributed by atoms with Crippen molar-refractivity contribution >= 4 is 22.8 Å². The summed E-state index contributed by atoms with van der Waals surface area (Å²) in [5.74, 6) is 0.505. The van der Waals surface area contributed by atoms with E-state index in [0.717, 1.165) is 49.4 Å². The molecule has 1 aliphatic heterocycles. The van der Waals surface area contributed by atoms with Crippen LogP contribution in [0.3, 0.4) is 0 Å². The van der Waals surface area contributed by atoms with Crippen molar-refractivity contribution in [1.29, 1.82) is 0 Å². The summed E-state index contributed by atoms with van der Waals surface area (Å²) in [6.45, 7) is 0.692. The van der Waals surface area contributed by atoms with E-state index in [-0.39, 0.29) is 30.7 Å². The van der Waals surface area contributed by atoms with Crippen molar-refractivity contribution in [3.05, 3.63) is 30.0 Å². The highest BCUT2D eigenvalue weighted by Gasteiger charge is 2.29. The lowest BCUT2D eigenvalue weighted by molar-refractivity contribution is 0.0677. The average molecular weight is 370 g/mol. The van der Waals surface area contributed by atoms with Crippen LogP contribution < -0.4 is 5.32 Å². The largest absolute Gasteiger partial charge is 0.394 e. The van der Waals surface area contributed by atoms with Gasteiger partial charge in [0.2, 0.25) is 5.95 Å². The van der Waals surface area contributed by atoms with Crippen molar-refractivity contribution in [3.8, 4) is 0 Å². The summed E-state index contributed by atoms with van der Waals surface area (Å²) >= 11 is 0. The van der Waals surface area contributed by atoms with Crippen LogP contribution in [0.2, 0.25) is 0 Å². The number of nitrogens with one attached hydrogen (secondary N) is 1. The number of amides is 1. The topological polar surface area (TPSA) is 98.6 Å². The molecule has 1 aromatic carbocycles. The van der Waals surface area contributed by atoms with Crippen molar-refractivity contribution in [3.63, 3.8) is 0 Å². The second-order valence-electron chi connectivity index (χ2n) is 7.59. The van der Waals surface area contributed by atoms with Crippen LogP contribution in [-0.2, 0) is 0 Å². The molecule has 7 heteroatoms. The third-order valence-corrected chi connectivity index (χ3v) is 5.71. The molecule has 2 aromatic rings. The molecule has 1 atom stereocenters. The van der Waals surface area contributed by atoms with Crippen molar-refractivity contribution in [1.82, 2.24) is 14.9 Å². The van der Waals surface area contributed by atoms with Gasteiger partial charge in [0, 0.05) is 29.7 Å². The lowest BCUT2D eigenvalue weighted by Gasteiger charge is -2.26. The Hall–Kier alpha value is -2.25. The number of hydrogen-bond acceptors (Lipinski definition) is 6. The third-order valence-electron chi connectivity index (χ3n) is 5.71. The molecule has 2 fully saturated rings. The van der Waals surface area contributed by atoms with Gasteiger partial charge in [0.25, 0.3) is 5.91 Å². The molecular weight excluding hydrogens is 344 g/mol. The fraction of sp³-hybridized carbons (Fsp3) is 0.550. The Morgan fingerprint density at radius 1 is 1.22 bits per heavy atom. The van der Waals surface area contributed by atoms with E-state index in [1.54, 1.807) is 17.2 Å². The van der Waals surface area contributed by atoms with E-state index < -0.39 is 0 Å². The summed E-state index contributed by atoms with van der Waals surface area (Å²) in [6, 6.07) is 5.66. The van der Waals surface area contributed by atoms with Gasteiger partial charge in [-0.05, 0) is 50.7 Å². The first-order valence-electron chi connectivity index (χ1n) is 9.77. The summed E-state index contributed by atoms with van der Waals surface area (Å²) in [5, 5.41) is 23.3. The first-order valence-corrected chi connectivity index (χ1v) is 9.77. The number of aliphatic hydroxyl groups is 2. The zero-order chi connectivity index (χ0) is 18.8. The molecule has 4 rings (SSSR count). The van der Waals surface area contributed by atoms with E-state index in [0.29, 0.717) is 18.1 Å². The molecule has 2 heterocycles. The second kappa shape index (κ2) is 7.78. The molecule has 7 nitrogen and oxygen atoms in total. The Balaban J connectivity index is 1.53. The number of aliphatic hydroxyl groups excluding tert-OH is 2. The summed E-state index contributed by atoms with van der Waals surface area (Å²) < 4.78 is 0. The van der Waals surface area contributed by atoms with E-state index in [9.17, 15) is 15.0 Å². The molecule has 144 valence electrons. The van der Waals surface area contributed by atoms with E-state index in [1.165, 1.54) is 0 Å². The first kappa shape index (κ1) is 18.1. The molecule has 0 radical (unpaired) electrons. The fourth-order valence-electron chi connectivity index (χ4n) is 4.09. The molecule has 1 saturated carbocycles. The first-order chi connectivity index (χ1) is 13.1. The minimum absolute atomic E-state index is 0.00560. The normalized spacial score (nSPS) is 25.7. The molecule has 3 N–H and O–H groups in total. The van der Waals surface area contributed by atoms with Crippen LogP contribution in [0.5, 0.6) is 0 Å². The SMILES string of the molecule is O=C(c1ccc2cnc(NC3CCC(O)CC3)nc2c1)N1CCC[C@@H]1CO. The summed E-state index contributed by atoms with van der Waals surface area (Å²) in [5.41, 5.74) is 1.32. The Labute approximate surface area is 158 Å². The Bertz CT molecular complexity index is 820. The van der Waals surface area contributed by atoms with E-state index in [2.05, 4.69) is 15.3 Å². The summed E-state index contributed by atoms with van der Waals surface area (Å²) in [6.07, 6.45) is 6.75. The number of fused-ring (bicyclic) bond motifs is 1. The van der Waals surface area contributed by atoms with Crippen LogP contribution in [-0.4, -0.2) is 62.3 Å². The molecule has 1 aromatic heterocycles. The molecular formula is C20H26N4O3. The molecule has 1 aliphatic carbocycles. The van der Waals surface area contributed by atoms with Crippen LogP contribution in [0.25, 0.3) is 10.9 Å². The van der Waals surface area contributed by atoms with Crippen LogP contribution in [0.4, 0.5) is 5.95 Å². The maximum atomic E-state index is 12.8. The van der Waals surface area contributed by atoms with Gasteiger partial charge < -0.3 is 20.4 Å². The Kier molecular flexibility index (Phi) is 5.22. The summed E-state index contributed by atoms with van der Waals surface area (Å²) in [7, 11) is 0. The van der Waals surface area contributed by atoms with Crippen molar-refractivity contribution in [2.45, 2.75) is 56.7 Å². The minimum atomic E-state index is -0.192. The molecule has 2 aliphatic rings. The van der Waals surface area contributed by atoms with Crippen LogP contribution in [0, 0.1) is 0 Å². The number of anilines is 1. The molecule has 0 unspecified atom stereocenters. The highest BCUT2D eigenvalue weighted by Crippen LogP contribution is 2.24. The maximum absolute atomic E-state index is 12.8. The number of hydrogen-bond donors (Lipinski definition) is 3. The maximum Gasteiger partial charge on any atom is 0.254 e.